The number of carbonyl (C=O) groups is 1. The zero-order valence-electron chi connectivity index (χ0n) is 5.78. The molecule has 1 saturated heterocycles. The normalized spacial score (nSPS) is 52.4. The topological polar surface area (TPSA) is 49.8 Å². The van der Waals surface area contributed by atoms with Crippen LogP contribution >= 0.6 is 0 Å². The van der Waals surface area contributed by atoms with Gasteiger partial charge < -0.3 is 9.84 Å². The molecular weight excluding hydrogens is 132 g/mol. The van der Waals surface area contributed by atoms with Crippen LogP contribution in [0, 0.1) is 5.92 Å². The number of rotatable bonds is 0. The number of fused-ring (bicyclic) bond motifs is 1. The van der Waals surface area contributed by atoms with Gasteiger partial charge in [-0.15, -0.1) is 0 Å². The van der Waals surface area contributed by atoms with Gasteiger partial charge in [0.2, 0.25) is 0 Å². The third kappa shape index (κ3) is 0.707. The van der Waals surface area contributed by atoms with Gasteiger partial charge in [0.25, 0.3) is 0 Å². The van der Waals surface area contributed by atoms with Gasteiger partial charge in [-0.05, 0) is 6.42 Å². The lowest BCUT2D eigenvalue weighted by molar-refractivity contribution is -0.125. The molecule has 10 heavy (non-hydrogen) atoms. The van der Waals surface area contributed by atoms with Crippen molar-refractivity contribution in [2.45, 2.75) is 31.7 Å². The van der Waals surface area contributed by atoms with Gasteiger partial charge in [-0.3, -0.25) is 4.79 Å². The van der Waals surface area contributed by atoms with E-state index < -0.39 is 6.10 Å². The summed E-state index contributed by atoms with van der Waals surface area (Å²) in [5, 5.41) is 9.23. The quantitative estimate of drug-likeness (QED) is 0.473. The molecule has 2 fully saturated rings. The lowest BCUT2D eigenvalue weighted by Gasteiger charge is -2.16. The first-order valence-corrected chi connectivity index (χ1v) is 3.57. The maximum absolute atomic E-state index is 11.1. The monoisotopic (exact) mass is 142 g/mol. The second-order valence-electron chi connectivity index (χ2n) is 3.13. The summed E-state index contributed by atoms with van der Waals surface area (Å²) in [7, 11) is 0. The first-order valence-electron chi connectivity index (χ1n) is 3.57. The number of carbonyl (C=O) groups excluding carboxylic acids is 1. The van der Waals surface area contributed by atoms with E-state index in [4.69, 9.17) is 4.74 Å². The molecule has 3 nitrogen and oxygen atoms in total. The van der Waals surface area contributed by atoms with Crippen LogP contribution in [0.5, 0.6) is 0 Å². The van der Waals surface area contributed by atoms with E-state index in [1.165, 1.54) is 0 Å². The second-order valence-corrected chi connectivity index (χ2v) is 3.13. The fraction of sp³-hybridized carbons (Fsp3) is 0.857. The molecule has 0 radical (unpaired) electrons. The molecule has 4 atom stereocenters. The predicted octanol–water partition coefficient (Wildman–Crippen LogP) is -0.276. The maximum atomic E-state index is 11.1. The van der Waals surface area contributed by atoms with Gasteiger partial charge in [-0.2, -0.15) is 0 Å². The Morgan fingerprint density at radius 2 is 2.40 bits per heavy atom. The fourth-order valence-corrected chi connectivity index (χ4v) is 1.54. The molecule has 2 rings (SSSR count). The molecule has 1 aliphatic heterocycles. The average Bonchev–Trinajstić information content (AvgIpc) is 2.61. The molecule has 0 spiro atoms. The van der Waals surface area contributed by atoms with Crippen LogP contribution in [0.4, 0.5) is 0 Å². The Bertz CT molecular complexity index is 174. The van der Waals surface area contributed by atoms with Crippen LogP contribution in [-0.4, -0.2) is 29.2 Å². The summed E-state index contributed by atoms with van der Waals surface area (Å²) in [6.45, 7) is 1.84. The average molecular weight is 142 g/mol. The Labute approximate surface area is 59.0 Å². The van der Waals surface area contributed by atoms with E-state index in [-0.39, 0.29) is 23.9 Å². The largest absolute Gasteiger partial charge is 0.390 e. The molecular formula is C7H10O3. The molecule has 0 bridgehead atoms. The molecule has 2 aliphatic rings. The van der Waals surface area contributed by atoms with E-state index in [0.29, 0.717) is 6.42 Å². The number of aliphatic hydroxyl groups excluding tert-OH is 1. The van der Waals surface area contributed by atoms with Crippen LogP contribution in [0.1, 0.15) is 13.3 Å². The second kappa shape index (κ2) is 1.80. The first-order chi connectivity index (χ1) is 4.70. The number of epoxide rings is 1. The van der Waals surface area contributed by atoms with Crippen molar-refractivity contribution in [3.05, 3.63) is 0 Å². The van der Waals surface area contributed by atoms with E-state index in [0.717, 1.165) is 0 Å². The van der Waals surface area contributed by atoms with Gasteiger partial charge in [0.1, 0.15) is 12.2 Å². The van der Waals surface area contributed by atoms with Crippen molar-refractivity contribution < 1.29 is 14.6 Å². The number of aliphatic hydroxyl groups is 1. The minimum Gasteiger partial charge on any atom is -0.390 e. The van der Waals surface area contributed by atoms with Crippen molar-refractivity contribution in [1.29, 1.82) is 0 Å². The van der Waals surface area contributed by atoms with Crippen molar-refractivity contribution in [2.24, 2.45) is 5.92 Å². The SMILES string of the molecule is C[C@H]1C[C@@H](O)[C@@H]2O[C@@H]2C1=O. The van der Waals surface area contributed by atoms with Crippen LogP contribution in [-0.2, 0) is 9.53 Å². The van der Waals surface area contributed by atoms with Crippen LogP contribution < -0.4 is 0 Å². The number of ketones is 1. The summed E-state index contributed by atoms with van der Waals surface area (Å²) in [4.78, 5) is 11.1. The maximum Gasteiger partial charge on any atom is 0.167 e. The molecule has 0 aromatic carbocycles. The highest BCUT2D eigenvalue weighted by atomic mass is 16.6. The standard InChI is InChI=1S/C7H10O3/c1-3-2-4(8)6-7(10-6)5(3)9/h3-4,6-8H,2H2,1H3/t3-,4+,6-,7+/m0/s1. The van der Waals surface area contributed by atoms with Crippen molar-refractivity contribution in [3.8, 4) is 0 Å². The van der Waals surface area contributed by atoms with Gasteiger partial charge >= 0.3 is 0 Å². The van der Waals surface area contributed by atoms with Crippen LogP contribution in [0.2, 0.25) is 0 Å². The zero-order valence-corrected chi connectivity index (χ0v) is 5.78. The van der Waals surface area contributed by atoms with Gasteiger partial charge in [-0.25, -0.2) is 0 Å². The molecule has 1 saturated carbocycles. The number of hydrogen-bond donors (Lipinski definition) is 1. The Morgan fingerprint density at radius 1 is 1.70 bits per heavy atom. The molecule has 0 unspecified atom stereocenters. The smallest absolute Gasteiger partial charge is 0.167 e. The Balaban J connectivity index is 2.12. The van der Waals surface area contributed by atoms with Crippen LogP contribution in [0.15, 0.2) is 0 Å². The molecule has 56 valence electrons. The minimum atomic E-state index is -0.405. The highest BCUT2D eigenvalue weighted by molar-refractivity contribution is 5.89. The fourth-order valence-electron chi connectivity index (χ4n) is 1.54. The molecule has 1 heterocycles. The van der Waals surface area contributed by atoms with Gasteiger partial charge in [0.05, 0.1) is 6.10 Å². The molecule has 0 aromatic heterocycles. The van der Waals surface area contributed by atoms with Crippen molar-refractivity contribution in [2.75, 3.05) is 0 Å². The molecule has 0 amide bonds. The lowest BCUT2D eigenvalue weighted by Crippen LogP contribution is -2.33. The molecule has 3 heteroatoms. The third-order valence-electron chi connectivity index (χ3n) is 2.27. The van der Waals surface area contributed by atoms with Crippen molar-refractivity contribution in [1.82, 2.24) is 0 Å². The van der Waals surface area contributed by atoms with Gasteiger partial charge in [0.15, 0.2) is 5.78 Å². The summed E-state index contributed by atoms with van der Waals surface area (Å²) < 4.78 is 4.97. The van der Waals surface area contributed by atoms with Crippen LogP contribution in [0.3, 0.4) is 0 Å². The first kappa shape index (κ1) is 6.31. The Hall–Kier alpha value is -0.410. The van der Waals surface area contributed by atoms with Gasteiger partial charge in [-0.1, -0.05) is 6.92 Å². The lowest BCUT2D eigenvalue weighted by atomic mass is 9.88. The minimum absolute atomic E-state index is 0.0150. The molecule has 1 N–H and O–H groups in total. The summed E-state index contributed by atoms with van der Waals surface area (Å²) in [5.41, 5.74) is 0. The number of Topliss-reactive ketones (excluding diaryl/α,β-unsaturated/α-hetero) is 1. The Kier molecular flexibility index (Phi) is 1.13. The summed E-state index contributed by atoms with van der Waals surface area (Å²) >= 11 is 0. The van der Waals surface area contributed by atoms with E-state index in [1.54, 1.807) is 0 Å². The number of ether oxygens (including phenoxy) is 1. The summed E-state index contributed by atoms with van der Waals surface area (Å²) in [6.07, 6.45) is -0.264. The van der Waals surface area contributed by atoms with Crippen molar-refractivity contribution >= 4 is 5.78 Å². The third-order valence-corrected chi connectivity index (χ3v) is 2.27. The summed E-state index contributed by atoms with van der Waals surface area (Å²) in [5.74, 6) is 0.147. The molecule has 0 aromatic rings. The van der Waals surface area contributed by atoms with E-state index >= 15 is 0 Å². The van der Waals surface area contributed by atoms with Gasteiger partial charge in [0, 0.05) is 5.92 Å². The van der Waals surface area contributed by atoms with E-state index in [2.05, 4.69) is 0 Å². The highest BCUT2D eigenvalue weighted by Gasteiger charge is 2.54. The predicted molar refractivity (Wildman–Crippen MR) is 33.5 cm³/mol. The zero-order chi connectivity index (χ0) is 7.30. The Morgan fingerprint density at radius 3 is 3.10 bits per heavy atom. The summed E-state index contributed by atoms with van der Waals surface area (Å²) in [6, 6.07) is 0. The molecule has 1 aliphatic carbocycles. The van der Waals surface area contributed by atoms with E-state index in [9.17, 15) is 9.90 Å². The highest BCUT2D eigenvalue weighted by Crippen LogP contribution is 2.36. The number of hydrogen-bond acceptors (Lipinski definition) is 3. The van der Waals surface area contributed by atoms with E-state index in [1.807, 2.05) is 6.92 Å². The van der Waals surface area contributed by atoms with Crippen LogP contribution in [0.25, 0.3) is 0 Å². The van der Waals surface area contributed by atoms with Crippen molar-refractivity contribution in [3.63, 3.8) is 0 Å².